The summed E-state index contributed by atoms with van der Waals surface area (Å²) in [5.74, 6) is -1.24. The summed E-state index contributed by atoms with van der Waals surface area (Å²) in [5.41, 5.74) is 0. The molecule has 1 aliphatic carbocycles. The van der Waals surface area contributed by atoms with Crippen LogP contribution in [0.3, 0.4) is 0 Å². The van der Waals surface area contributed by atoms with Crippen molar-refractivity contribution in [1.29, 1.82) is 0 Å². The number of aliphatic carboxylic acids is 1. The maximum absolute atomic E-state index is 12.2. The number of carboxylic acids is 1. The molecule has 2 N–H and O–H groups in total. The number of hydrogen-bond acceptors (Lipinski definition) is 4. The molecule has 21 heavy (non-hydrogen) atoms. The number of amides is 2. The first-order valence-corrected chi connectivity index (χ1v) is 7.38. The first kappa shape index (κ1) is 17.3. The van der Waals surface area contributed by atoms with Crippen molar-refractivity contribution in [3.8, 4) is 0 Å². The van der Waals surface area contributed by atoms with Crippen molar-refractivity contribution in [2.24, 2.45) is 0 Å². The molecule has 0 bridgehead atoms. The number of esters is 1. The molecular formula is C14H24N2O5. The molecular weight excluding hydrogens is 276 g/mol. The van der Waals surface area contributed by atoms with E-state index >= 15 is 0 Å². The number of carbonyl (C=O) groups excluding carboxylic acids is 2. The summed E-state index contributed by atoms with van der Waals surface area (Å²) in [6.45, 7) is 3.82. The molecule has 0 aromatic heterocycles. The predicted molar refractivity (Wildman–Crippen MR) is 75.8 cm³/mol. The molecule has 2 amide bonds. The van der Waals surface area contributed by atoms with Crippen LogP contribution in [0.25, 0.3) is 0 Å². The first-order valence-electron chi connectivity index (χ1n) is 7.38. The van der Waals surface area contributed by atoms with Crippen molar-refractivity contribution in [2.45, 2.75) is 58.0 Å². The third-order valence-electron chi connectivity index (χ3n) is 3.25. The lowest BCUT2D eigenvalue weighted by molar-refractivity contribution is -0.144. The van der Waals surface area contributed by atoms with Gasteiger partial charge < -0.3 is 20.1 Å². The smallest absolute Gasteiger partial charge is 0.325 e. The number of nitrogens with zero attached hydrogens (tertiary/aromatic N) is 1. The molecule has 7 nitrogen and oxygen atoms in total. The number of nitrogens with one attached hydrogen (secondary N) is 1. The third kappa shape index (κ3) is 6.97. The normalized spacial score (nSPS) is 15.1. The molecule has 1 rings (SSSR count). The molecule has 0 heterocycles. The van der Waals surface area contributed by atoms with Crippen LogP contribution in [0.1, 0.15) is 46.0 Å². The van der Waals surface area contributed by atoms with Gasteiger partial charge in [0.2, 0.25) is 0 Å². The molecule has 120 valence electrons. The maximum Gasteiger partial charge on any atom is 0.325 e. The van der Waals surface area contributed by atoms with E-state index in [1.807, 2.05) is 6.92 Å². The van der Waals surface area contributed by atoms with E-state index in [0.717, 1.165) is 12.8 Å². The zero-order valence-electron chi connectivity index (χ0n) is 12.6. The molecule has 0 saturated heterocycles. The van der Waals surface area contributed by atoms with Gasteiger partial charge in [-0.2, -0.15) is 0 Å². The average Bonchev–Trinajstić information content (AvgIpc) is 3.19. The molecule has 1 unspecified atom stereocenters. The molecule has 1 atom stereocenters. The van der Waals surface area contributed by atoms with Crippen LogP contribution < -0.4 is 5.32 Å². The third-order valence-corrected chi connectivity index (χ3v) is 3.25. The minimum atomic E-state index is -0.838. The highest BCUT2D eigenvalue weighted by Crippen LogP contribution is 2.26. The Morgan fingerprint density at radius 2 is 2.05 bits per heavy atom. The lowest BCUT2D eigenvalue weighted by atomic mass is 10.1. The molecule has 1 saturated carbocycles. The zero-order chi connectivity index (χ0) is 15.8. The summed E-state index contributed by atoms with van der Waals surface area (Å²) in [4.78, 5) is 35.6. The van der Waals surface area contributed by atoms with E-state index in [2.05, 4.69) is 5.32 Å². The molecule has 7 heteroatoms. The molecule has 0 aromatic carbocycles. The summed E-state index contributed by atoms with van der Waals surface area (Å²) in [5, 5.41) is 11.4. The first-order chi connectivity index (χ1) is 9.93. The van der Waals surface area contributed by atoms with Gasteiger partial charge in [-0.1, -0.05) is 0 Å². The zero-order valence-corrected chi connectivity index (χ0v) is 12.6. The van der Waals surface area contributed by atoms with E-state index in [4.69, 9.17) is 9.84 Å². The van der Waals surface area contributed by atoms with E-state index in [9.17, 15) is 14.4 Å². The lowest BCUT2D eigenvalue weighted by Crippen LogP contribution is -2.47. The topological polar surface area (TPSA) is 95.9 Å². The summed E-state index contributed by atoms with van der Waals surface area (Å²) < 4.78 is 4.87. The highest BCUT2D eigenvalue weighted by atomic mass is 16.5. The van der Waals surface area contributed by atoms with Gasteiger partial charge in [0.25, 0.3) is 0 Å². The van der Waals surface area contributed by atoms with Crippen LogP contribution in [0.4, 0.5) is 4.79 Å². The van der Waals surface area contributed by atoms with Crippen molar-refractivity contribution >= 4 is 18.0 Å². The molecule has 0 radical (unpaired) electrons. The fourth-order valence-electron chi connectivity index (χ4n) is 2.02. The average molecular weight is 300 g/mol. The lowest BCUT2D eigenvalue weighted by Gasteiger charge is -2.24. The Labute approximate surface area is 124 Å². The fourth-order valence-corrected chi connectivity index (χ4v) is 2.02. The van der Waals surface area contributed by atoms with E-state index in [-0.39, 0.29) is 31.1 Å². The highest BCUT2D eigenvalue weighted by Gasteiger charge is 2.34. The van der Waals surface area contributed by atoms with Crippen molar-refractivity contribution in [2.75, 3.05) is 13.2 Å². The van der Waals surface area contributed by atoms with Crippen LogP contribution in [0.15, 0.2) is 0 Å². The van der Waals surface area contributed by atoms with Gasteiger partial charge in [-0.25, -0.2) is 4.79 Å². The number of urea groups is 1. The second-order valence-electron chi connectivity index (χ2n) is 5.30. The number of rotatable bonds is 9. The Morgan fingerprint density at radius 1 is 1.38 bits per heavy atom. The Balaban J connectivity index is 2.38. The highest BCUT2D eigenvalue weighted by molar-refractivity contribution is 5.81. The van der Waals surface area contributed by atoms with Gasteiger partial charge in [0.05, 0.1) is 6.61 Å². The van der Waals surface area contributed by atoms with Crippen molar-refractivity contribution in [3.63, 3.8) is 0 Å². The predicted octanol–water partition coefficient (Wildman–Crippen LogP) is 1.37. The van der Waals surface area contributed by atoms with E-state index < -0.39 is 11.9 Å². The number of ether oxygens (including phenoxy) is 1. The molecule has 0 spiro atoms. The van der Waals surface area contributed by atoms with E-state index in [1.54, 1.807) is 6.92 Å². The number of hydrogen-bond donors (Lipinski definition) is 2. The number of carbonyl (C=O) groups is 3. The maximum atomic E-state index is 12.2. The molecule has 0 aromatic rings. The SMILES string of the molecule is CCOC(=O)CN(C(=O)NC(C)CCCC(=O)O)C1CC1. The van der Waals surface area contributed by atoms with Crippen LogP contribution in [-0.2, 0) is 14.3 Å². The molecule has 1 aliphatic rings. The second-order valence-corrected chi connectivity index (χ2v) is 5.30. The van der Waals surface area contributed by atoms with Crippen molar-refractivity contribution < 1.29 is 24.2 Å². The van der Waals surface area contributed by atoms with Crippen molar-refractivity contribution in [3.05, 3.63) is 0 Å². The van der Waals surface area contributed by atoms with Gasteiger partial charge in [0.1, 0.15) is 6.54 Å². The summed E-state index contributed by atoms with van der Waals surface area (Å²) in [6.07, 6.45) is 3.00. The van der Waals surface area contributed by atoms with Crippen molar-refractivity contribution in [1.82, 2.24) is 10.2 Å². The quantitative estimate of drug-likeness (QED) is 0.627. The Morgan fingerprint density at radius 3 is 2.57 bits per heavy atom. The van der Waals surface area contributed by atoms with E-state index in [1.165, 1.54) is 4.90 Å². The van der Waals surface area contributed by atoms with Crippen LogP contribution in [-0.4, -0.2) is 53.2 Å². The summed E-state index contributed by atoms with van der Waals surface area (Å²) in [6, 6.07) is -0.297. The minimum absolute atomic E-state index is 0.0355. The van der Waals surface area contributed by atoms with E-state index in [0.29, 0.717) is 19.4 Å². The fraction of sp³-hybridized carbons (Fsp3) is 0.786. The monoisotopic (exact) mass is 300 g/mol. The second kappa shape index (κ2) is 8.49. The van der Waals surface area contributed by atoms with Gasteiger partial charge >= 0.3 is 18.0 Å². The Hall–Kier alpha value is -1.79. The summed E-state index contributed by atoms with van der Waals surface area (Å²) >= 11 is 0. The molecule has 0 aliphatic heterocycles. The van der Waals surface area contributed by atoms with Gasteiger partial charge in [-0.3, -0.25) is 9.59 Å². The Bertz CT molecular complexity index is 382. The van der Waals surface area contributed by atoms with Gasteiger partial charge in [0, 0.05) is 18.5 Å². The standard InChI is InChI=1S/C14H24N2O5/c1-3-21-13(19)9-16(11-7-8-11)14(20)15-10(2)5-4-6-12(17)18/h10-11H,3-9H2,1-2H3,(H,15,20)(H,17,18). The van der Waals surface area contributed by atoms with Crippen LogP contribution >= 0.6 is 0 Å². The summed E-state index contributed by atoms with van der Waals surface area (Å²) in [7, 11) is 0. The largest absolute Gasteiger partial charge is 0.481 e. The van der Waals surface area contributed by atoms with Gasteiger partial charge in [-0.05, 0) is 39.5 Å². The van der Waals surface area contributed by atoms with Crippen LogP contribution in [0.2, 0.25) is 0 Å². The molecule has 1 fully saturated rings. The van der Waals surface area contributed by atoms with Gasteiger partial charge in [0.15, 0.2) is 0 Å². The van der Waals surface area contributed by atoms with Gasteiger partial charge in [-0.15, -0.1) is 0 Å². The number of carboxylic acid groups (broad SMARTS) is 1. The van der Waals surface area contributed by atoms with Crippen LogP contribution in [0, 0.1) is 0 Å². The Kier molecular flexibility index (Phi) is 6.98. The minimum Gasteiger partial charge on any atom is -0.481 e. The van der Waals surface area contributed by atoms with Crippen LogP contribution in [0.5, 0.6) is 0 Å².